The molecule has 3 rings (SSSR count). The highest BCUT2D eigenvalue weighted by Crippen LogP contribution is 2.30. The van der Waals surface area contributed by atoms with E-state index in [9.17, 15) is 0 Å². The summed E-state index contributed by atoms with van der Waals surface area (Å²) in [6.45, 7) is 7.11. The first kappa shape index (κ1) is 14.4. The maximum Gasteiger partial charge on any atom is 0.0707 e. The number of nitrogens with two attached hydrogens (primary N) is 1. The lowest BCUT2D eigenvalue weighted by atomic mass is 10.1. The number of nitrogens with one attached hydrogen (secondary N) is 1. The predicted molar refractivity (Wildman–Crippen MR) is 93.0 cm³/mol. The molecule has 0 aliphatic carbocycles. The zero-order chi connectivity index (χ0) is 15.7. The van der Waals surface area contributed by atoms with Crippen molar-refractivity contribution in [2.24, 2.45) is 0 Å². The van der Waals surface area contributed by atoms with E-state index >= 15 is 0 Å². The van der Waals surface area contributed by atoms with Crippen molar-refractivity contribution in [2.75, 3.05) is 11.1 Å². The van der Waals surface area contributed by atoms with E-state index in [0.717, 1.165) is 34.5 Å². The fraction of sp³-hybridized carbons (Fsp3) is 0.278. The van der Waals surface area contributed by atoms with Crippen LogP contribution in [0.25, 0.3) is 10.9 Å². The fourth-order valence-corrected chi connectivity index (χ4v) is 2.82. The Hall–Kier alpha value is -2.49. The van der Waals surface area contributed by atoms with Crippen molar-refractivity contribution in [2.45, 2.75) is 33.4 Å². The van der Waals surface area contributed by atoms with Crippen molar-refractivity contribution >= 4 is 22.3 Å². The summed E-state index contributed by atoms with van der Waals surface area (Å²) in [6.07, 6.45) is 0. The van der Waals surface area contributed by atoms with E-state index in [1.807, 2.05) is 23.7 Å². The van der Waals surface area contributed by atoms with Crippen LogP contribution >= 0.6 is 0 Å². The molecule has 1 atom stereocenters. The molecule has 1 aromatic heterocycles. The Morgan fingerprint density at radius 3 is 2.64 bits per heavy atom. The lowest BCUT2D eigenvalue weighted by molar-refractivity contribution is 0.676. The van der Waals surface area contributed by atoms with E-state index < -0.39 is 0 Å². The molecule has 2 aromatic carbocycles. The average molecular weight is 294 g/mol. The van der Waals surface area contributed by atoms with Gasteiger partial charge in [0.2, 0.25) is 0 Å². The molecule has 0 saturated heterocycles. The largest absolute Gasteiger partial charge is 0.397 e. The highest BCUT2D eigenvalue weighted by atomic mass is 15.3. The molecule has 4 nitrogen and oxygen atoms in total. The van der Waals surface area contributed by atoms with E-state index in [2.05, 4.69) is 54.6 Å². The van der Waals surface area contributed by atoms with Gasteiger partial charge in [0.1, 0.15) is 0 Å². The molecule has 0 aliphatic rings. The number of anilines is 2. The smallest absolute Gasteiger partial charge is 0.0707 e. The van der Waals surface area contributed by atoms with Crippen LogP contribution in [0.5, 0.6) is 0 Å². The van der Waals surface area contributed by atoms with Gasteiger partial charge in [-0.25, -0.2) is 0 Å². The lowest BCUT2D eigenvalue weighted by Crippen LogP contribution is -2.08. The van der Waals surface area contributed by atoms with Crippen LogP contribution in [0.2, 0.25) is 0 Å². The number of hydrogen-bond acceptors (Lipinski definition) is 3. The standard InChI is InChI=1S/C18H22N4/c1-4-22-18-11-17(16(19)10-15(18)13(3)21-22)20-12(2)14-8-6-5-7-9-14/h5-12,20H,4,19H2,1-3H3/t12-/m0/s1. The summed E-state index contributed by atoms with van der Waals surface area (Å²) in [5.74, 6) is 0. The molecule has 0 radical (unpaired) electrons. The molecule has 0 spiro atoms. The molecular weight excluding hydrogens is 272 g/mol. The van der Waals surface area contributed by atoms with Crippen LogP contribution in [-0.2, 0) is 6.54 Å². The van der Waals surface area contributed by atoms with Gasteiger partial charge in [-0.05, 0) is 38.5 Å². The summed E-state index contributed by atoms with van der Waals surface area (Å²) in [5.41, 5.74) is 11.3. The van der Waals surface area contributed by atoms with Crippen molar-refractivity contribution in [1.29, 1.82) is 0 Å². The minimum Gasteiger partial charge on any atom is -0.397 e. The molecular formula is C18H22N4. The Bertz CT molecular complexity index is 790. The lowest BCUT2D eigenvalue weighted by Gasteiger charge is -2.17. The number of nitrogen functional groups attached to an aromatic ring is 1. The maximum atomic E-state index is 6.23. The van der Waals surface area contributed by atoms with E-state index in [-0.39, 0.29) is 6.04 Å². The predicted octanol–water partition coefficient (Wildman–Crippen LogP) is 4.12. The molecule has 1 heterocycles. The number of benzene rings is 2. The topological polar surface area (TPSA) is 55.9 Å². The van der Waals surface area contributed by atoms with Gasteiger partial charge < -0.3 is 11.1 Å². The Morgan fingerprint density at radius 2 is 1.95 bits per heavy atom. The van der Waals surface area contributed by atoms with Gasteiger partial charge in [-0.2, -0.15) is 5.10 Å². The second kappa shape index (κ2) is 5.72. The Balaban J connectivity index is 1.98. The number of hydrogen-bond donors (Lipinski definition) is 2. The molecule has 22 heavy (non-hydrogen) atoms. The molecule has 3 aromatic rings. The molecule has 0 bridgehead atoms. The summed E-state index contributed by atoms with van der Waals surface area (Å²) in [4.78, 5) is 0. The highest BCUT2D eigenvalue weighted by Gasteiger charge is 2.12. The second-order valence-corrected chi connectivity index (χ2v) is 5.63. The maximum absolute atomic E-state index is 6.23. The number of aromatic nitrogens is 2. The molecule has 0 amide bonds. The van der Waals surface area contributed by atoms with E-state index in [1.165, 1.54) is 5.56 Å². The monoisotopic (exact) mass is 294 g/mol. The summed E-state index contributed by atoms with van der Waals surface area (Å²) >= 11 is 0. The van der Waals surface area contributed by atoms with Gasteiger partial charge >= 0.3 is 0 Å². The molecule has 3 N–H and O–H groups in total. The Labute approximate surface area is 130 Å². The van der Waals surface area contributed by atoms with Crippen molar-refractivity contribution < 1.29 is 0 Å². The second-order valence-electron chi connectivity index (χ2n) is 5.63. The van der Waals surface area contributed by atoms with Gasteiger partial charge in [-0.3, -0.25) is 4.68 Å². The van der Waals surface area contributed by atoms with Crippen LogP contribution in [0, 0.1) is 6.92 Å². The van der Waals surface area contributed by atoms with Crippen molar-refractivity contribution in [3.63, 3.8) is 0 Å². The van der Waals surface area contributed by atoms with Crippen molar-refractivity contribution in [1.82, 2.24) is 9.78 Å². The first-order valence-corrected chi connectivity index (χ1v) is 7.68. The first-order valence-electron chi connectivity index (χ1n) is 7.68. The van der Waals surface area contributed by atoms with E-state index in [4.69, 9.17) is 5.73 Å². The minimum absolute atomic E-state index is 0.194. The number of aryl methyl sites for hydroxylation is 2. The van der Waals surface area contributed by atoms with Gasteiger partial charge in [-0.1, -0.05) is 30.3 Å². The third-order valence-electron chi connectivity index (χ3n) is 4.08. The Morgan fingerprint density at radius 1 is 1.23 bits per heavy atom. The molecule has 4 heteroatoms. The van der Waals surface area contributed by atoms with E-state index in [0.29, 0.717) is 0 Å². The number of rotatable bonds is 4. The summed E-state index contributed by atoms with van der Waals surface area (Å²) < 4.78 is 2.02. The average Bonchev–Trinajstić information content (AvgIpc) is 2.84. The molecule has 0 fully saturated rings. The molecule has 0 saturated carbocycles. The zero-order valence-electron chi connectivity index (χ0n) is 13.3. The quantitative estimate of drug-likeness (QED) is 0.712. The minimum atomic E-state index is 0.194. The van der Waals surface area contributed by atoms with Gasteiger partial charge in [0.25, 0.3) is 0 Å². The van der Waals surface area contributed by atoms with Gasteiger partial charge in [0, 0.05) is 18.0 Å². The summed E-state index contributed by atoms with van der Waals surface area (Å²) in [6, 6.07) is 14.7. The van der Waals surface area contributed by atoms with Crippen LogP contribution in [0.4, 0.5) is 11.4 Å². The van der Waals surface area contributed by atoms with Crippen LogP contribution < -0.4 is 11.1 Å². The zero-order valence-corrected chi connectivity index (χ0v) is 13.3. The van der Waals surface area contributed by atoms with Crippen molar-refractivity contribution in [3.8, 4) is 0 Å². The van der Waals surface area contributed by atoms with Crippen LogP contribution in [0.1, 0.15) is 31.1 Å². The van der Waals surface area contributed by atoms with Gasteiger partial charge in [-0.15, -0.1) is 0 Å². The van der Waals surface area contributed by atoms with Gasteiger partial charge in [0.05, 0.1) is 22.6 Å². The van der Waals surface area contributed by atoms with Crippen LogP contribution in [-0.4, -0.2) is 9.78 Å². The summed E-state index contributed by atoms with van der Waals surface area (Å²) in [5, 5.41) is 9.20. The third-order valence-corrected chi connectivity index (χ3v) is 4.08. The molecule has 0 unspecified atom stereocenters. The Kier molecular flexibility index (Phi) is 3.75. The van der Waals surface area contributed by atoms with Crippen molar-refractivity contribution in [3.05, 3.63) is 53.7 Å². The van der Waals surface area contributed by atoms with Crippen LogP contribution in [0.3, 0.4) is 0 Å². The van der Waals surface area contributed by atoms with Gasteiger partial charge in [0.15, 0.2) is 0 Å². The molecule has 0 aliphatic heterocycles. The first-order chi connectivity index (χ1) is 10.6. The number of nitrogens with zero attached hydrogens (tertiary/aromatic N) is 2. The highest BCUT2D eigenvalue weighted by molar-refractivity contribution is 5.91. The fourth-order valence-electron chi connectivity index (χ4n) is 2.82. The SMILES string of the molecule is CCn1nc(C)c2cc(N)c(N[C@@H](C)c3ccccc3)cc21. The normalized spacial score (nSPS) is 12.5. The third kappa shape index (κ3) is 2.52. The van der Waals surface area contributed by atoms with Crippen LogP contribution in [0.15, 0.2) is 42.5 Å². The van der Waals surface area contributed by atoms with E-state index in [1.54, 1.807) is 0 Å². The molecule has 114 valence electrons. The number of fused-ring (bicyclic) bond motifs is 1. The summed E-state index contributed by atoms with van der Waals surface area (Å²) in [7, 11) is 0.